The van der Waals surface area contributed by atoms with E-state index in [-0.39, 0.29) is 10.7 Å². The van der Waals surface area contributed by atoms with Crippen molar-refractivity contribution >= 4 is 17.4 Å². The lowest BCUT2D eigenvalue weighted by Gasteiger charge is -2.21. The quantitative estimate of drug-likeness (QED) is 0.714. The Morgan fingerprint density at radius 3 is 2.54 bits per heavy atom. The highest BCUT2D eigenvalue weighted by atomic mass is 35.5. The Hall–Kier alpha value is -2.20. The van der Waals surface area contributed by atoms with Gasteiger partial charge >= 0.3 is 6.18 Å². The molecule has 0 spiro atoms. The molecule has 0 aliphatic heterocycles. The highest BCUT2D eigenvalue weighted by Crippen LogP contribution is 2.34. The number of nitrogens with zero attached hydrogens (tertiary/aromatic N) is 3. The Morgan fingerprint density at radius 2 is 2.04 bits per heavy atom. The monoisotopic (exact) mass is 384 g/mol. The van der Waals surface area contributed by atoms with Gasteiger partial charge in [-0.1, -0.05) is 38.8 Å². The van der Waals surface area contributed by atoms with E-state index in [4.69, 9.17) is 11.6 Å². The van der Waals surface area contributed by atoms with Crippen LogP contribution in [0.5, 0.6) is 0 Å². The second-order valence-corrected chi connectivity index (χ2v) is 6.79. The summed E-state index contributed by atoms with van der Waals surface area (Å²) in [5, 5.41) is 16.6. The van der Waals surface area contributed by atoms with E-state index in [0.717, 1.165) is 18.6 Å². The number of hydrogen-bond acceptors (Lipinski definition) is 3. The average molecular weight is 385 g/mol. The van der Waals surface area contributed by atoms with E-state index in [1.807, 2.05) is 6.07 Å². The second-order valence-electron chi connectivity index (χ2n) is 6.39. The summed E-state index contributed by atoms with van der Waals surface area (Å²) in [6.45, 7) is 6.94. The molecule has 0 fully saturated rings. The van der Waals surface area contributed by atoms with Crippen molar-refractivity contribution in [3.63, 3.8) is 0 Å². The van der Waals surface area contributed by atoms with E-state index in [2.05, 4.69) is 31.2 Å². The summed E-state index contributed by atoms with van der Waals surface area (Å²) in [7, 11) is 0. The van der Waals surface area contributed by atoms with Gasteiger partial charge in [0.05, 0.1) is 22.5 Å². The number of hydrogen-bond donors (Lipinski definition) is 1. The first kappa shape index (κ1) is 20.1. The number of alkyl halides is 3. The van der Waals surface area contributed by atoms with Gasteiger partial charge in [0.25, 0.3) is 0 Å². The van der Waals surface area contributed by atoms with Gasteiger partial charge < -0.3 is 5.32 Å². The second kappa shape index (κ2) is 8.00. The van der Waals surface area contributed by atoms with Crippen LogP contribution in [0.25, 0.3) is 5.69 Å². The Morgan fingerprint density at radius 1 is 1.35 bits per heavy atom. The van der Waals surface area contributed by atoms with Gasteiger partial charge in [-0.3, -0.25) is 0 Å². The number of halogens is 4. The van der Waals surface area contributed by atoms with Crippen LogP contribution in [0.2, 0.25) is 5.02 Å². The number of rotatable bonds is 6. The van der Waals surface area contributed by atoms with Crippen LogP contribution >= 0.6 is 11.6 Å². The van der Waals surface area contributed by atoms with E-state index in [9.17, 15) is 18.4 Å². The zero-order chi connectivity index (χ0) is 19.5. The first-order valence-corrected chi connectivity index (χ1v) is 8.65. The Bertz CT molecular complexity index is 806. The zero-order valence-electron chi connectivity index (χ0n) is 14.7. The topological polar surface area (TPSA) is 53.6 Å². The minimum atomic E-state index is -4.48. The number of anilines is 1. The third-order valence-corrected chi connectivity index (χ3v) is 4.69. The van der Waals surface area contributed by atoms with Gasteiger partial charge in [0.1, 0.15) is 17.5 Å². The summed E-state index contributed by atoms with van der Waals surface area (Å²) in [5.74, 6) is 1.25. The van der Waals surface area contributed by atoms with Crippen LogP contribution in [0.4, 0.5) is 19.0 Å². The number of nitrogens with one attached hydrogen (secondary N) is 1. The molecular formula is C18H20ClF3N4. The highest BCUT2D eigenvalue weighted by Gasteiger charge is 2.31. The van der Waals surface area contributed by atoms with Crippen molar-refractivity contribution in [2.24, 2.45) is 11.8 Å². The Labute approximate surface area is 155 Å². The lowest BCUT2D eigenvalue weighted by atomic mass is 9.93. The van der Waals surface area contributed by atoms with Gasteiger partial charge in [-0.05, 0) is 30.0 Å². The van der Waals surface area contributed by atoms with Gasteiger partial charge in [0.15, 0.2) is 0 Å². The standard InChI is InChI=1S/C18H20ClF3N4/c1-4-12(11(2)3)9-24-17-13(8-23)10-25-26(17)16-6-5-14(7-15(16)19)18(20,21)22/h5-7,10-12,24H,4,9H2,1-3H3. The Balaban J connectivity index is 2.39. The molecule has 0 aliphatic rings. The van der Waals surface area contributed by atoms with Gasteiger partial charge in [-0.25, -0.2) is 4.68 Å². The molecule has 1 N–H and O–H groups in total. The molecule has 26 heavy (non-hydrogen) atoms. The van der Waals surface area contributed by atoms with Gasteiger partial charge in [0.2, 0.25) is 0 Å². The normalized spacial score (nSPS) is 12.9. The largest absolute Gasteiger partial charge is 0.416 e. The van der Waals surface area contributed by atoms with E-state index in [1.165, 1.54) is 16.9 Å². The average Bonchev–Trinajstić information content (AvgIpc) is 2.97. The fraction of sp³-hybridized carbons (Fsp3) is 0.444. The summed E-state index contributed by atoms with van der Waals surface area (Å²) < 4.78 is 39.9. The van der Waals surface area contributed by atoms with Crippen LogP contribution in [-0.4, -0.2) is 16.3 Å². The van der Waals surface area contributed by atoms with Crippen LogP contribution in [0.15, 0.2) is 24.4 Å². The molecule has 0 aliphatic carbocycles. The van der Waals surface area contributed by atoms with Crippen molar-refractivity contribution in [3.8, 4) is 11.8 Å². The highest BCUT2D eigenvalue weighted by molar-refractivity contribution is 6.32. The van der Waals surface area contributed by atoms with Crippen molar-refractivity contribution in [3.05, 3.63) is 40.5 Å². The molecule has 1 aromatic carbocycles. The van der Waals surface area contributed by atoms with Crippen molar-refractivity contribution < 1.29 is 13.2 Å². The van der Waals surface area contributed by atoms with Gasteiger partial charge in [-0.2, -0.15) is 23.5 Å². The van der Waals surface area contributed by atoms with Crippen LogP contribution in [0.1, 0.15) is 38.3 Å². The van der Waals surface area contributed by atoms with Crippen LogP contribution in [0, 0.1) is 23.2 Å². The maximum atomic E-state index is 12.8. The van der Waals surface area contributed by atoms with Crippen LogP contribution < -0.4 is 5.32 Å². The minimum absolute atomic E-state index is 0.0913. The van der Waals surface area contributed by atoms with Crippen LogP contribution in [-0.2, 0) is 6.18 Å². The molecule has 2 aromatic rings. The minimum Gasteiger partial charge on any atom is -0.369 e. The molecule has 4 nitrogen and oxygen atoms in total. The fourth-order valence-corrected chi connectivity index (χ4v) is 2.98. The molecule has 1 aromatic heterocycles. The fourth-order valence-electron chi connectivity index (χ4n) is 2.72. The molecule has 1 unspecified atom stereocenters. The van der Waals surface area contributed by atoms with Gasteiger partial charge in [-0.15, -0.1) is 0 Å². The summed E-state index contributed by atoms with van der Waals surface area (Å²) in [6.07, 6.45) is -2.15. The molecule has 2 rings (SSSR count). The molecule has 0 bridgehead atoms. The summed E-state index contributed by atoms with van der Waals surface area (Å²) in [6, 6.07) is 5.10. The lowest BCUT2D eigenvalue weighted by Crippen LogP contribution is -2.20. The Kier molecular flexibility index (Phi) is 6.19. The number of benzene rings is 1. The third-order valence-electron chi connectivity index (χ3n) is 4.39. The molecule has 1 heterocycles. The molecule has 140 valence electrons. The van der Waals surface area contributed by atoms with Gasteiger partial charge in [0, 0.05) is 6.54 Å². The molecule has 1 atom stereocenters. The van der Waals surface area contributed by atoms with Crippen LogP contribution in [0.3, 0.4) is 0 Å². The predicted octanol–water partition coefficient (Wildman–Crippen LogP) is 5.51. The van der Waals surface area contributed by atoms with E-state index in [1.54, 1.807) is 0 Å². The molecule has 0 amide bonds. The molecule has 0 radical (unpaired) electrons. The first-order chi connectivity index (χ1) is 12.2. The number of nitriles is 1. The van der Waals surface area contributed by atoms with E-state index >= 15 is 0 Å². The SMILES string of the molecule is CCC(CNc1c(C#N)cnn1-c1ccc(C(F)(F)F)cc1Cl)C(C)C. The molecule has 0 saturated carbocycles. The zero-order valence-corrected chi connectivity index (χ0v) is 15.5. The maximum absolute atomic E-state index is 12.8. The smallest absolute Gasteiger partial charge is 0.369 e. The van der Waals surface area contributed by atoms with Crippen molar-refractivity contribution in [2.45, 2.75) is 33.4 Å². The lowest BCUT2D eigenvalue weighted by molar-refractivity contribution is -0.137. The van der Waals surface area contributed by atoms with E-state index in [0.29, 0.717) is 29.8 Å². The molecular weight excluding hydrogens is 365 g/mol. The predicted molar refractivity (Wildman–Crippen MR) is 95.4 cm³/mol. The third kappa shape index (κ3) is 4.31. The summed E-state index contributed by atoms with van der Waals surface area (Å²) in [4.78, 5) is 0. The van der Waals surface area contributed by atoms with Crippen molar-refractivity contribution in [2.75, 3.05) is 11.9 Å². The maximum Gasteiger partial charge on any atom is 0.416 e. The molecule has 8 heteroatoms. The summed E-state index contributed by atoms with van der Waals surface area (Å²) in [5.41, 5.74) is -0.250. The first-order valence-electron chi connectivity index (χ1n) is 8.28. The van der Waals surface area contributed by atoms with Crippen molar-refractivity contribution in [1.29, 1.82) is 5.26 Å². The summed E-state index contributed by atoms with van der Waals surface area (Å²) >= 11 is 6.06. The van der Waals surface area contributed by atoms with Crippen molar-refractivity contribution in [1.82, 2.24) is 9.78 Å². The molecule has 0 saturated heterocycles. The van der Waals surface area contributed by atoms with E-state index < -0.39 is 11.7 Å². The number of aromatic nitrogens is 2.